The molecule has 14 heteroatoms. The molecule has 0 bridgehead atoms. The van der Waals surface area contributed by atoms with Crippen molar-refractivity contribution in [1.82, 2.24) is 25.6 Å². The van der Waals surface area contributed by atoms with Crippen LogP contribution in [0.25, 0.3) is 22.5 Å². The number of anilines is 1. The average Bonchev–Trinajstić information content (AvgIpc) is 3.63. The minimum atomic E-state index is -3.05. The van der Waals surface area contributed by atoms with Gasteiger partial charge in [0.05, 0.1) is 0 Å². The van der Waals surface area contributed by atoms with E-state index in [1.807, 2.05) is 60.4 Å². The lowest BCUT2D eigenvalue weighted by molar-refractivity contribution is -0.427. The molecule has 0 radical (unpaired) electrons. The summed E-state index contributed by atoms with van der Waals surface area (Å²) in [7, 11) is 0. The molecule has 0 atom stereocenters. The van der Waals surface area contributed by atoms with Crippen molar-refractivity contribution >= 4 is 29.7 Å². The third-order valence-electron chi connectivity index (χ3n) is 6.75. The monoisotopic (exact) mass is 644 g/mol. The molecule has 2 heterocycles. The Morgan fingerprint density at radius 2 is 1.38 bits per heavy atom. The predicted molar refractivity (Wildman–Crippen MR) is 168 cm³/mol. The van der Waals surface area contributed by atoms with Crippen LogP contribution in [0, 0.1) is 0 Å². The molecule has 246 valence electrons. The fraction of sp³-hybridized carbons (Fsp3) is 0.333. The molecule has 47 heavy (non-hydrogen) atoms. The largest absolute Gasteiger partial charge is 0.619 e. The molecular weight excluding hydrogens is 608 g/mol. The number of H-pyrrole nitrogens is 1. The lowest BCUT2D eigenvalue weighted by atomic mass is 9.98. The third-order valence-corrected chi connectivity index (χ3v) is 6.75. The molecule has 4 rings (SSSR count). The van der Waals surface area contributed by atoms with Gasteiger partial charge >= 0.3 is 30.0 Å². The van der Waals surface area contributed by atoms with E-state index in [-0.39, 0.29) is 30.6 Å². The fourth-order valence-corrected chi connectivity index (χ4v) is 4.48. The molecule has 0 aliphatic carbocycles. The van der Waals surface area contributed by atoms with Crippen LogP contribution in [0.3, 0.4) is 0 Å². The fourth-order valence-electron chi connectivity index (χ4n) is 4.48. The molecule has 2 aromatic heterocycles. The summed E-state index contributed by atoms with van der Waals surface area (Å²) < 4.78 is 20.8. The number of nitrogens with zero attached hydrogens (tertiary/aromatic N) is 5. The van der Waals surface area contributed by atoms with Gasteiger partial charge in [-0.15, -0.1) is 10.2 Å². The number of esters is 4. The van der Waals surface area contributed by atoms with Crippen LogP contribution in [0.1, 0.15) is 69.3 Å². The summed E-state index contributed by atoms with van der Waals surface area (Å²) in [5.74, 6) is -3.17. The van der Waals surface area contributed by atoms with Gasteiger partial charge in [0, 0.05) is 44.1 Å². The number of hydrogen-bond acceptors (Lipinski definition) is 13. The number of carbonyl (C=O) groups is 4. The smallest absolute Gasteiger partial charge is 0.352 e. The number of ether oxygens (including phenoxy) is 4. The van der Waals surface area contributed by atoms with E-state index < -0.39 is 30.0 Å². The van der Waals surface area contributed by atoms with Crippen LogP contribution in [0.5, 0.6) is 0 Å². The van der Waals surface area contributed by atoms with E-state index in [1.165, 1.54) is 39.1 Å². The topological polar surface area (TPSA) is 176 Å². The van der Waals surface area contributed by atoms with Gasteiger partial charge in [0.2, 0.25) is 5.82 Å². The second-order valence-electron chi connectivity index (χ2n) is 10.1. The Kier molecular flexibility index (Phi) is 11.7. The van der Waals surface area contributed by atoms with Crippen molar-refractivity contribution in [3.05, 3.63) is 78.0 Å². The minimum absolute atomic E-state index is 0.0383. The lowest BCUT2D eigenvalue weighted by Crippen LogP contribution is -2.48. The predicted octanol–water partition coefficient (Wildman–Crippen LogP) is 4.97. The zero-order valence-corrected chi connectivity index (χ0v) is 26.6. The van der Waals surface area contributed by atoms with Crippen molar-refractivity contribution in [3.8, 4) is 22.5 Å². The van der Waals surface area contributed by atoms with Crippen LogP contribution in [0.4, 0.5) is 5.82 Å². The summed E-state index contributed by atoms with van der Waals surface area (Å²) in [4.78, 5) is 57.0. The molecule has 2 aromatic carbocycles. The number of rotatable bonds is 15. The zero-order chi connectivity index (χ0) is 33.8. The highest BCUT2D eigenvalue weighted by atomic mass is 17.0. The molecular formula is C33H36N6O8. The number of pyridine rings is 1. The van der Waals surface area contributed by atoms with Gasteiger partial charge in [-0.3, -0.25) is 14.4 Å². The molecule has 0 aliphatic heterocycles. The molecule has 14 nitrogen and oxygen atoms in total. The van der Waals surface area contributed by atoms with Crippen LogP contribution in [0.15, 0.2) is 66.9 Å². The van der Waals surface area contributed by atoms with Gasteiger partial charge in [0.25, 0.3) is 0 Å². The standard InChI is InChI=1S/C33H36N6O8/c1-5-20-39(21-22-15-17-23(18-16-22)24-12-9-10-13-25(24)30-35-37-38-36-30)31-26(14-11-19-34-31)32(43)47-33(44-27(40)6-2,45-28(41)7-3)46-29(42)8-4/h9-19H,5-8,20-21H2,1-4H3,(H,35,36,37,38). The number of aromatic amines is 1. The highest BCUT2D eigenvalue weighted by Crippen LogP contribution is 2.31. The molecule has 1 N–H and O–H groups in total. The van der Waals surface area contributed by atoms with E-state index >= 15 is 0 Å². The molecule has 0 amide bonds. The molecule has 0 aliphatic rings. The zero-order valence-electron chi connectivity index (χ0n) is 26.6. The van der Waals surface area contributed by atoms with E-state index in [0.717, 1.165) is 22.3 Å². The van der Waals surface area contributed by atoms with E-state index in [2.05, 4.69) is 25.6 Å². The van der Waals surface area contributed by atoms with Crippen LogP contribution in [-0.4, -0.2) is 62.2 Å². The Balaban J connectivity index is 1.63. The maximum absolute atomic E-state index is 13.7. The van der Waals surface area contributed by atoms with Crippen molar-refractivity contribution in [3.63, 3.8) is 0 Å². The molecule has 0 fully saturated rings. The number of nitrogens with one attached hydrogen (secondary N) is 1. The van der Waals surface area contributed by atoms with Gasteiger partial charge in [0.15, 0.2) is 0 Å². The Morgan fingerprint density at radius 3 is 1.94 bits per heavy atom. The highest BCUT2D eigenvalue weighted by Gasteiger charge is 2.49. The van der Waals surface area contributed by atoms with Crippen LogP contribution in [-0.2, 0) is 39.9 Å². The van der Waals surface area contributed by atoms with Crippen molar-refractivity contribution in [1.29, 1.82) is 0 Å². The second-order valence-corrected chi connectivity index (χ2v) is 10.1. The number of aromatic nitrogens is 5. The van der Waals surface area contributed by atoms with Crippen LogP contribution >= 0.6 is 0 Å². The van der Waals surface area contributed by atoms with Gasteiger partial charge < -0.3 is 23.8 Å². The summed E-state index contributed by atoms with van der Waals surface area (Å²) in [5.41, 5.74) is 3.58. The van der Waals surface area contributed by atoms with Gasteiger partial charge in [-0.2, -0.15) is 5.21 Å². The molecule has 0 saturated heterocycles. The van der Waals surface area contributed by atoms with Crippen molar-refractivity contribution in [2.45, 2.75) is 66.1 Å². The first-order valence-electron chi connectivity index (χ1n) is 15.2. The minimum Gasteiger partial charge on any atom is -0.352 e. The normalized spacial score (nSPS) is 11.0. The molecule has 0 unspecified atom stereocenters. The highest BCUT2D eigenvalue weighted by molar-refractivity contribution is 5.95. The average molecular weight is 645 g/mol. The summed E-state index contributed by atoms with van der Waals surface area (Å²) in [6, 6.07) is 18.6. The Hall–Kier alpha value is -5.66. The first-order chi connectivity index (χ1) is 22.7. The van der Waals surface area contributed by atoms with Gasteiger partial charge in [-0.25, -0.2) is 9.78 Å². The van der Waals surface area contributed by atoms with E-state index in [1.54, 1.807) is 0 Å². The van der Waals surface area contributed by atoms with Crippen LogP contribution < -0.4 is 4.90 Å². The summed E-state index contributed by atoms with van der Waals surface area (Å²) >= 11 is 0. The summed E-state index contributed by atoms with van der Waals surface area (Å²) in [6.07, 6.45) is -1.38. The van der Waals surface area contributed by atoms with E-state index in [9.17, 15) is 19.2 Å². The maximum Gasteiger partial charge on any atom is 0.619 e. The van der Waals surface area contributed by atoms with Crippen molar-refractivity contribution < 1.29 is 38.1 Å². The maximum atomic E-state index is 13.7. The Bertz CT molecular complexity index is 1630. The molecule has 0 saturated carbocycles. The summed E-state index contributed by atoms with van der Waals surface area (Å²) in [5, 5.41) is 14.4. The summed E-state index contributed by atoms with van der Waals surface area (Å²) in [6.45, 7) is 7.27. The van der Waals surface area contributed by atoms with E-state index in [0.29, 0.717) is 25.3 Å². The number of tetrazole rings is 1. The van der Waals surface area contributed by atoms with Gasteiger partial charge in [-0.1, -0.05) is 76.2 Å². The third kappa shape index (κ3) is 8.75. The second kappa shape index (κ2) is 16.1. The first-order valence-corrected chi connectivity index (χ1v) is 15.2. The SMILES string of the molecule is CCCN(Cc1ccc(-c2ccccc2-c2nn[nH]n2)cc1)c1ncccc1C(=O)OC(OC(=O)CC)(OC(=O)CC)OC(=O)CC. The van der Waals surface area contributed by atoms with E-state index in [4.69, 9.17) is 18.9 Å². The molecule has 0 spiro atoms. The van der Waals surface area contributed by atoms with Crippen molar-refractivity contribution in [2.75, 3.05) is 11.4 Å². The van der Waals surface area contributed by atoms with Crippen molar-refractivity contribution in [2.24, 2.45) is 0 Å². The Labute approximate surface area is 271 Å². The molecule has 4 aromatic rings. The first kappa shape index (κ1) is 34.2. The number of hydrogen-bond donors (Lipinski definition) is 1. The van der Waals surface area contributed by atoms with Gasteiger partial charge in [-0.05, 0) is 40.5 Å². The Morgan fingerprint density at radius 1 is 0.766 bits per heavy atom. The number of benzene rings is 2. The van der Waals surface area contributed by atoms with Gasteiger partial charge in [0.1, 0.15) is 11.4 Å². The number of carbonyl (C=O) groups excluding carboxylic acids is 4. The lowest BCUT2D eigenvalue weighted by Gasteiger charge is -2.30. The van der Waals surface area contributed by atoms with Crippen LogP contribution in [0.2, 0.25) is 0 Å². The quantitative estimate of drug-likeness (QED) is 0.136.